The van der Waals surface area contributed by atoms with Crippen LogP contribution in [0.3, 0.4) is 0 Å². The van der Waals surface area contributed by atoms with Crippen molar-refractivity contribution < 1.29 is 5.11 Å². The number of anilines is 2. The molecule has 1 saturated carbocycles. The molecule has 1 heterocycles. The highest BCUT2D eigenvalue weighted by Gasteiger charge is 2.32. The molecule has 0 unspecified atom stereocenters. The summed E-state index contributed by atoms with van der Waals surface area (Å²) in [6, 6.07) is 1.97. The number of aryl methyl sites for hydroxylation is 1. The van der Waals surface area contributed by atoms with E-state index in [1.807, 2.05) is 13.1 Å². The monoisotopic (exact) mass is 292 g/mol. The fraction of sp³-hybridized carbons (Fsp3) is 0.750. The highest BCUT2D eigenvalue weighted by Crippen LogP contribution is 2.31. The Labute approximate surface area is 127 Å². The van der Waals surface area contributed by atoms with Crippen molar-refractivity contribution in [2.24, 2.45) is 0 Å². The van der Waals surface area contributed by atoms with Crippen LogP contribution in [0.25, 0.3) is 0 Å². The lowest BCUT2D eigenvalue weighted by atomic mass is 10.0. The Balaban J connectivity index is 2.15. The molecule has 5 heteroatoms. The highest BCUT2D eigenvalue weighted by molar-refractivity contribution is 5.49. The van der Waals surface area contributed by atoms with Crippen LogP contribution in [-0.2, 0) is 6.42 Å². The minimum atomic E-state index is -0.553. The van der Waals surface area contributed by atoms with E-state index in [1.165, 1.54) is 0 Å². The second kappa shape index (κ2) is 7.07. The number of nitrogens with zero attached hydrogens (tertiary/aromatic N) is 3. The summed E-state index contributed by atoms with van der Waals surface area (Å²) >= 11 is 0. The van der Waals surface area contributed by atoms with E-state index in [4.69, 9.17) is 0 Å². The summed E-state index contributed by atoms with van der Waals surface area (Å²) in [6.45, 7) is 5.68. The van der Waals surface area contributed by atoms with Crippen LogP contribution in [0, 0.1) is 0 Å². The van der Waals surface area contributed by atoms with Gasteiger partial charge in [0, 0.05) is 32.6 Å². The van der Waals surface area contributed by atoms with Crippen molar-refractivity contribution >= 4 is 11.6 Å². The molecule has 1 aromatic rings. The van der Waals surface area contributed by atoms with Crippen molar-refractivity contribution in [2.75, 3.05) is 30.4 Å². The quantitative estimate of drug-likeness (QED) is 0.809. The van der Waals surface area contributed by atoms with Crippen LogP contribution < -0.4 is 10.2 Å². The Hall–Kier alpha value is -1.36. The van der Waals surface area contributed by atoms with Crippen LogP contribution in [0.1, 0.15) is 51.8 Å². The molecular formula is C16H28N4O. The van der Waals surface area contributed by atoms with Crippen LogP contribution in [0.15, 0.2) is 6.07 Å². The number of hydrogen-bond donors (Lipinski definition) is 2. The van der Waals surface area contributed by atoms with Crippen molar-refractivity contribution in [3.8, 4) is 0 Å². The van der Waals surface area contributed by atoms with E-state index in [9.17, 15) is 5.11 Å². The summed E-state index contributed by atoms with van der Waals surface area (Å²) in [7, 11) is 2.00. The summed E-state index contributed by atoms with van der Waals surface area (Å²) in [5, 5.41) is 13.8. The molecule has 118 valence electrons. The van der Waals surface area contributed by atoms with Crippen LogP contribution >= 0.6 is 0 Å². The van der Waals surface area contributed by atoms with Gasteiger partial charge in [-0.2, -0.15) is 0 Å². The zero-order chi connectivity index (χ0) is 15.3. The maximum atomic E-state index is 10.6. The molecule has 1 aliphatic rings. The number of hydrogen-bond acceptors (Lipinski definition) is 5. The summed E-state index contributed by atoms with van der Waals surface area (Å²) in [5.74, 6) is 2.64. The van der Waals surface area contributed by atoms with E-state index < -0.39 is 5.60 Å². The average Bonchev–Trinajstić information content (AvgIpc) is 2.85. The zero-order valence-electron chi connectivity index (χ0n) is 13.5. The van der Waals surface area contributed by atoms with Crippen molar-refractivity contribution in [1.82, 2.24) is 9.97 Å². The fourth-order valence-electron chi connectivity index (χ4n) is 3.00. The summed E-state index contributed by atoms with van der Waals surface area (Å²) in [4.78, 5) is 11.2. The van der Waals surface area contributed by atoms with Crippen LogP contribution in [0.4, 0.5) is 11.6 Å². The molecule has 0 aliphatic heterocycles. The van der Waals surface area contributed by atoms with Gasteiger partial charge >= 0.3 is 0 Å². The highest BCUT2D eigenvalue weighted by atomic mass is 16.3. The third kappa shape index (κ3) is 4.30. The molecule has 5 nitrogen and oxygen atoms in total. The Kier molecular flexibility index (Phi) is 5.39. The van der Waals surface area contributed by atoms with Gasteiger partial charge in [-0.25, -0.2) is 9.97 Å². The normalized spacial score (nSPS) is 17.0. The first-order chi connectivity index (χ1) is 10.1. The lowest BCUT2D eigenvalue weighted by molar-refractivity contribution is 0.0558. The molecule has 0 radical (unpaired) electrons. The van der Waals surface area contributed by atoms with Crippen molar-refractivity contribution in [1.29, 1.82) is 0 Å². The minimum absolute atomic E-state index is 0.553. The van der Waals surface area contributed by atoms with Gasteiger partial charge in [0.2, 0.25) is 0 Å². The Morgan fingerprint density at radius 2 is 2.00 bits per heavy atom. The van der Waals surface area contributed by atoms with E-state index in [0.29, 0.717) is 6.54 Å². The minimum Gasteiger partial charge on any atom is -0.388 e. The van der Waals surface area contributed by atoms with Crippen LogP contribution in [0.5, 0.6) is 0 Å². The lowest BCUT2D eigenvalue weighted by Gasteiger charge is -2.29. The molecule has 21 heavy (non-hydrogen) atoms. The van der Waals surface area contributed by atoms with Gasteiger partial charge < -0.3 is 15.3 Å². The molecule has 0 bridgehead atoms. The van der Waals surface area contributed by atoms with E-state index >= 15 is 0 Å². The van der Waals surface area contributed by atoms with Gasteiger partial charge in [0.1, 0.15) is 17.5 Å². The molecule has 1 fully saturated rings. The van der Waals surface area contributed by atoms with Gasteiger partial charge in [0.25, 0.3) is 0 Å². The van der Waals surface area contributed by atoms with Gasteiger partial charge in [0.05, 0.1) is 5.60 Å². The predicted molar refractivity (Wildman–Crippen MR) is 86.9 cm³/mol. The molecule has 1 aromatic heterocycles. The number of aromatic nitrogens is 2. The number of likely N-dealkylation sites (N-methyl/N-ethyl adjacent to an activating group) is 1. The van der Waals surface area contributed by atoms with Gasteiger partial charge in [-0.05, 0) is 26.2 Å². The average molecular weight is 292 g/mol. The first-order valence-corrected chi connectivity index (χ1v) is 8.11. The van der Waals surface area contributed by atoms with Gasteiger partial charge in [0.15, 0.2) is 0 Å². The first-order valence-electron chi connectivity index (χ1n) is 8.11. The number of nitrogens with one attached hydrogen (secondary N) is 1. The summed E-state index contributed by atoms with van der Waals surface area (Å²) < 4.78 is 0. The van der Waals surface area contributed by atoms with E-state index in [2.05, 4.69) is 34.0 Å². The van der Waals surface area contributed by atoms with Gasteiger partial charge in [-0.15, -0.1) is 0 Å². The molecule has 2 rings (SSSR count). The first kappa shape index (κ1) is 16.0. The lowest BCUT2D eigenvalue weighted by Crippen LogP contribution is -2.39. The summed E-state index contributed by atoms with van der Waals surface area (Å²) in [5.41, 5.74) is -0.553. The standard InChI is InChI=1S/C16H28N4O/c1-4-8-13-18-14(17-5-2)11-15(19-13)20(3)12-16(21)9-6-7-10-16/h11,21H,4-10,12H2,1-3H3,(H,17,18,19). The molecular weight excluding hydrogens is 264 g/mol. The number of aliphatic hydroxyl groups is 1. The van der Waals surface area contributed by atoms with Crippen LogP contribution in [0.2, 0.25) is 0 Å². The van der Waals surface area contributed by atoms with E-state index in [1.54, 1.807) is 0 Å². The smallest absolute Gasteiger partial charge is 0.134 e. The molecule has 0 spiro atoms. The van der Waals surface area contributed by atoms with Crippen LogP contribution in [-0.4, -0.2) is 40.8 Å². The van der Waals surface area contributed by atoms with Crippen molar-refractivity contribution in [3.63, 3.8) is 0 Å². The van der Waals surface area contributed by atoms with Gasteiger partial charge in [-0.1, -0.05) is 19.8 Å². The van der Waals surface area contributed by atoms with Crippen molar-refractivity contribution in [2.45, 2.75) is 58.0 Å². The Bertz CT molecular complexity index is 433. The molecule has 0 saturated heterocycles. The summed E-state index contributed by atoms with van der Waals surface area (Å²) in [6.07, 6.45) is 5.94. The molecule has 0 aromatic carbocycles. The topological polar surface area (TPSA) is 61.3 Å². The van der Waals surface area contributed by atoms with Gasteiger partial charge in [-0.3, -0.25) is 0 Å². The van der Waals surface area contributed by atoms with E-state index in [-0.39, 0.29) is 0 Å². The molecule has 0 amide bonds. The SMILES string of the molecule is CCCc1nc(NCC)cc(N(C)CC2(O)CCCC2)n1. The van der Waals surface area contributed by atoms with E-state index in [0.717, 1.165) is 62.5 Å². The second-order valence-electron chi connectivity index (χ2n) is 6.10. The zero-order valence-corrected chi connectivity index (χ0v) is 13.5. The third-order valence-electron chi connectivity index (χ3n) is 4.05. The Morgan fingerprint density at radius 3 is 2.62 bits per heavy atom. The predicted octanol–water partition coefficient (Wildman–Crippen LogP) is 2.60. The molecule has 2 N–H and O–H groups in total. The maximum Gasteiger partial charge on any atom is 0.134 e. The second-order valence-corrected chi connectivity index (χ2v) is 6.10. The largest absolute Gasteiger partial charge is 0.388 e. The Morgan fingerprint density at radius 1 is 1.29 bits per heavy atom. The fourth-order valence-corrected chi connectivity index (χ4v) is 3.00. The third-order valence-corrected chi connectivity index (χ3v) is 4.05. The molecule has 0 atom stereocenters. The molecule has 1 aliphatic carbocycles. The van der Waals surface area contributed by atoms with Crippen molar-refractivity contribution in [3.05, 3.63) is 11.9 Å². The number of rotatable bonds is 7. The maximum absolute atomic E-state index is 10.6.